The van der Waals surface area contributed by atoms with Crippen LogP contribution in [0.3, 0.4) is 0 Å². The number of rotatable bonds is 8. The lowest BCUT2D eigenvalue weighted by Gasteiger charge is -2.23. The molecule has 2 heterocycles. The summed E-state index contributed by atoms with van der Waals surface area (Å²) in [4.78, 5) is 17.2. The van der Waals surface area contributed by atoms with Crippen LogP contribution in [0, 0.1) is 0 Å². The van der Waals surface area contributed by atoms with Gasteiger partial charge in [-0.25, -0.2) is 23.1 Å². The lowest BCUT2D eigenvalue weighted by atomic mass is 10.0. The summed E-state index contributed by atoms with van der Waals surface area (Å²) in [5, 5.41) is 3.42. The Morgan fingerprint density at radius 2 is 1.85 bits per heavy atom. The van der Waals surface area contributed by atoms with Crippen molar-refractivity contribution < 1.29 is 40.4 Å². The molecule has 0 aliphatic heterocycles. The Bertz CT molecular complexity index is 1650. The van der Waals surface area contributed by atoms with Gasteiger partial charge in [0.15, 0.2) is 5.82 Å². The van der Waals surface area contributed by atoms with Crippen LogP contribution in [0.5, 0.6) is 11.5 Å². The molecule has 40 heavy (non-hydrogen) atoms. The summed E-state index contributed by atoms with van der Waals surface area (Å²) in [5.41, 5.74) is 4.84. The molecule has 11 nitrogen and oxygen atoms in total. The van der Waals surface area contributed by atoms with Crippen molar-refractivity contribution >= 4 is 45.0 Å². The Labute approximate surface area is 230 Å². The zero-order valence-electron chi connectivity index (χ0n) is 20.6. The molecular weight excluding hydrogens is 579 g/mol. The van der Waals surface area contributed by atoms with Gasteiger partial charge in [0.2, 0.25) is 0 Å². The predicted molar refractivity (Wildman–Crippen MR) is 138 cm³/mol. The van der Waals surface area contributed by atoms with Crippen LogP contribution in [0.4, 0.5) is 35.3 Å². The molecule has 4 aromatic rings. The van der Waals surface area contributed by atoms with E-state index >= 15 is 0 Å². The molecule has 0 saturated carbocycles. The summed E-state index contributed by atoms with van der Waals surface area (Å²) in [5.74, 6) is -0.211. The van der Waals surface area contributed by atoms with Gasteiger partial charge in [-0.05, 0) is 48.0 Å². The Hall–Kier alpha value is -4.50. The fourth-order valence-corrected chi connectivity index (χ4v) is 4.82. The summed E-state index contributed by atoms with van der Waals surface area (Å²) in [6.07, 6.45) is -2.50. The quantitative estimate of drug-likeness (QED) is 0.272. The molecule has 0 radical (unpaired) electrons. The van der Waals surface area contributed by atoms with Crippen LogP contribution in [0.25, 0.3) is 11.1 Å². The topological polar surface area (TPSA) is 150 Å². The van der Waals surface area contributed by atoms with Crippen molar-refractivity contribution in [3.8, 4) is 22.6 Å². The van der Waals surface area contributed by atoms with Crippen molar-refractivity contribution in [3.05, 3.63) is 71.6 Å². The van der Waals surface area contributed by atoms with E-state index in [0.717, 1.165) is 29.3 Å². The maximum absolute atomic E-state index is 13.5. The molecule has 2 aromatic heterocycles. The van der Waals surface area contributed by atoms with Crippen LogP contribution < -0.4 is 24.8 Å². The Kier molecular flexibility index (Phi) is 7.79. The number of nitrogens with one attached hydrogen (secondary N) is 1. The lowest BCUT2D eigenvalue weighted by Crippen LogP contribution is -2.32. The highest BCUT2D eigenvalue weighted by molar-refractivity contribution is 7.92. The molecule has 3 N–H and O–H groups in total. The lowest BCUT2D eigenvalue weighted by molar-refractivity contribution is -0.137. The van der Waals surface area contributed by atoms with Crippen LogP contribution in [-0.4, -0.2) is 38.8 Å². The van der Waals surface area contributed by atoms with Crippen molar-refractivity contribution in [1.82, 2.24) is 10.1 Å². The maximum Gasteiger partial charge on any atom is 0.416 e. The zero-order chi connectivity index (χ0) is 29.2. The second-order valence-electron chi connectivity index (χ2n) is 7.97. The number of pyridine rings is 1. The highest BCUT2D eigenvalue weighted by Crippen LogP contribution is 2.43. The van der Waals surface area contributed by atoms with Gasteiger partial charge in [-0.15, -0.1) is 0 Å². The number of primary amides is 1. The summed E-state index contributed by atoms with van der Waals surface area (Å²) < 4.78 is 82.7. The van der Waals surface area contributed by atoms with Gasteiger partial charge < -0.3 is 19.7 Å². The molecule has 210 valence electrons. The predicted octanol–water partition coefficient (Wildman–Crippen LogP) is 5.44. The zero-order valence-corrected chi connectivity index (χ0v) is 22.1. The maximum atomic E-state index is 13.5. The van der Waals surface area contributed by atoms with Gasteiger partial charge in [0.25, 0.3) is 10.0 Å². The van der Waals surface area contributed by atoms with E-state index < -0.39 is 27.8 Å². The number of alkyl halides is 3. The van der Waals surface area contributed by atoms with Gasteiger partial charge >= 0.3 is 12.2 Å². The van der Waals surface area contributed by atoms with Gasteiger partial charge in [0.05, 0.1) is 30.5 Å². The summed E-state index contributed by atoms with van der Waals surface area (Å²) in [6, 6.07) is 8.30. The molecule has 0 aliphatic rings. The average Bonchev–Trinajstić information content (AvgIpc) is 3.40. The Morgan fingerprint density at radius 3 is 2.40 bits per heavy atom. The van der Waals surface area contributed by atoms with Crippen molar-refractivity contribution in [1.29, 1.82) is 0 Å². The largest absolute Gasteiger partial charge is 0.497 e. The van der Waals surface area contributed by atoms with E-state index in [-0.39, 0.29) is 49.9 Å². The molecule has 0 aliphatic carbocycles. The van der Waals surface area contributed by atoms with Gasteiger partial charge in [-0.1, -0.05) is 16.8 Å². The van der Waals surface area contributed by atoms with Crippen molar-refractivity contribution in [3.63, 3.8) is 0 Å². The number of methoxy groups -OCH3 is 2. The van der Waals surface area contributed by atoms with E-state index in [9.17, 15) is 26.4 Å². The SMILES string of the molecule is COc1cc(-c2cc(OC)c(N(C(N)=O)c3ccc(S(=O)(=O)Nc4ccon4)cn3)cc2Cl)cc(C(F)(F)F)c1. The molecular formula is C24H19ClF3N5O6S. The number of anilines is 3. The number of hydrogen-bond acceptors (Lipinski definition) is 8. The number of nitrogens with zero attached hydrogens (tertiary/aromatic N) is 3. The number of sulfonamides is 1. The fourth-order valence-electron chi connectivity index (χ4n) is 3.62. The van der Waals surface area contributed by atoms with Crippen LogP contribution >= 0.6 is 11.6 Å². The third-order valence-corrected chi connectivity index (χ3v) is 7.10. The smallest absolute Gasteiger partial charge is 0.416 e. The van der Waals surface area contributed by atoms with Gasteiger partial charge in [-0.2, -0.15) is 13.2 Å². The van der Waals surface area contributed by atoms with Gasteiger partial charge in [0.1, 0.15) is 28.5 Å². The summed E-state index contributed by atoms with van der Waals surface area (Å²) >= 11 is 6.47. The third kappa shape index (κ3) is 5.89. The number of aromatic nitrogens is 2. The van der Waals surface area contributed by atoms with E-state index in [4.69, 9.17) is 26.8 Å². The molecule has 2 amide bonds. The van der Waals surface area contributed by atoms with Crippen LogP contribution in [0.2, 0.25) is 5.02 Å². The van der Waals surface area contributed by atoms with Gasteiger partial charge in [0, 0.05) is 17.8 Å². The molecule has 0 bridgehead atoms. The average molecular weight is 598 g/mol. The number of amides is 2. The molecule has 2 aromatic carbocycles. The number of carbonyl (C=O) groups excluding carboxylic acids is 1. The first-order chi connectivity index (χ1) is 18.8. The number of hydrogen-bond donors (Lipinski definition) is 2. The highest BCUT2D eigenvalue weighted by Gasteiger charge is 2.32. The molecule has 0 atom stereocenters. The Balaban J connectivity index is 1.75. The second-order valence-corrected chi connectivity index (χ2v) is 10.1. The number of urea groups is 1. The molecule has 0 unspecified atom stereocenters. The molecule has 4 rings (SSSR count). The number of nitrogens with two attached hydrogens (primary N) is 1. The number of ether oxygens (including phenoxy) is 2. The molecule has 0 spiro atoms. The van der Waals surface area contributed by atoms with Crippen molar-refractivity contribution in [2.45, 2.75) is 11.1 Å². The van der Waals surface area contributed by atoms with E-state index in [2.05, 4.69) is 19.4 Å². The standard InChI is InChI=1S/C24H19ClF3N5O6S/c1-37-15-8-13(7-14(9-15)24(26,27)28)17-10-20(38-2)19(11-18(17)25)33(23(29)34)22-4-3-16(12-30-22)40(35,36)32-21-5-6-39-31-21/h3-12H,1-2H3,(H2,29,34)(H,31,32). The second kappa shape index (κ2) is 10.9. The van der Waals surface area contributed by atoms with Crippen molar-refractivity contribution in [2.75, 3.05) is 23.8 Å². The Morgan fingerprint density at radius 1 is 1.10 bits per heavy atom. The van der Waals surface area contributed by atoms with Crippen molar-refractivity contribution in [2.24, 2.45) is 5.73 Å². The summed E-state index contributed by atoms with van der Waals surface area (Å²) in [7, 11) is -1.60. The fraction of sp³-hybridized carbons (Fsp3) is 0.125. The summed E-state index contributed by atoms with van der Waals surface area (Å²) in [6.45, 7) is 0. The number of carbonyl (C=O) groups is 1. The highest BCUT2D eigenvalue weighted by atomic mass is 35.5. The van der Waals surface area contributed by atoms with Crippen LogP contribution in [0.15, 0.2) is 70.4 Å². The minimum absolute atomic E-state index is 0.000718. The van der Waals surface area contributed by atoms with E-state index in [1.807, 2.05) is 0 Å². The number of halogens is 4. The minimum atomic E-state index is -4.65. The normalized spacial score (nSPS) is 11.7. The first-order valence-corrected chi connectivity index (χ1v) is 12.8. The molecule has 0 saturated heterocycles. The molecule has 0 fully saturated rings. The minimum Gasteiger partial charge on any atom is -0.497 e. The van der Waals surface area contributed by atoms with Crippen LogP contribution in [0.1, 0.15) is 5.56 Å². The number of benzene rings is 2. The molecule has 16 heteroatoms. The monoisotopic (exact) mass is 597 g/mol. The van der Waals surface area contributed by atoms with Gasteiger partial charge in [-0.3, -0.25) is 4.72 Å². The van der Waals surface area contributed by atoms with E-state index in [1.54, 1.807) is 0 Å². The van der Waals surface area contributed by atoms with Crippen LogP contribution in [-0.2, 0) is 16.2 Å². The van der Waals surface area contributed by atoms with E-state index in [1.165, 1.54) is 50.8 Å². The first kappa shape index (κ1) is 28.5. The third-order valence-electron chi connectivity index (χ3n) is 5.45. The first-order valence-electron chi connectivity index (χ1n) is 11.0. The van der Waals surface area contributed by atoms with E-state index in [0.29, 0.717) is 0 Å².